The van der Waals surface area contributed by atoms with Gasteiger partial charge in [-0.2, -0.15) is 0 Å². The van der Waals surface area contributed by atoms with Crippen molar-refractivity contribution in [2.75, 3.05) is 13.2 Å². The lowest BCUT2D eigenvalue weighted by atomic mass is 9.76. The molecule has 12 heavy (non-hydrogen) atoms. The molecule has 68 valence electrons. The van der Waals surface area contributed by atoms with E-state index < -0.39 is 0 Å². The number of aliphatic hydroxyl groups is 1. The minimum atomic E-state index is -0.186. The molecule has 3 nitrogen and oxygen atoms in total. The number of nitrogens with one attached hydrogen (secondary N) is 1. The molecule has 1 heterocycles. The van der Waals surface area contributed by atoms with Crippen LogP contribution in [-0.4, -0.2) is 24.2 Å². The Morgan fingerprint density at radius 2 is 2.17 bits per heavy atom. The van der Waals surface area contributed by atoms with Gasteiger partial charge in [0.25, 0.3) is 0 Å². The molecule has 2 N–H and O–H groups in total. The molecule has 1 amide bonds. The maximum Gasteiger partial charge on any atom is 0.226 e. The first kappa shape index (κ1) is 8.05. The zero-order chi connectivity index (χ0) is 8.60. The molecule has 1 unspecified atom stereocenters. The fourth-order valence-electron chi connectivity index (χ4n) is 2.65. The normalized spacial score (nSPS) is 32.8. The summed E-state index contributed by atoms with van der Waals surface area (Å²) in [4.78, 5) is 11.5. The van der Waals surface area contributed by atoms with Gasteiger partial charge in [-0.1, -0.05) is 12.8 Å². The van der Waals surface area contributed by atoms with Crippen LogP contribution in [0.5, 0.6) is 0 Å². The minimum Gasteiger partial charge on any atom is -0.396 e. The lowest BCUT2D eigenvalue weighted by Crippen LogP contribution is -2.33. The fraction of sp³-hybridized carbons (Fsp3) is 0.889. The first-order valence-electron chi connectivity index (χ1n) is 4.69. The Morgan fingerprint density at radius 3 is 2.75 bits per heavy atom. The predicted octanol–water partition coefficient (Wildman–Crippen LogP) is 0.285. The zero-order valence-corrected chi connectivity index (χ0v) is 7.18. The molecule has 2 fully saturated rings. The lowest BCUT2D eigenvalue weighted by molar-refractivity contribution is -0.129. The molecule has 1 saturated carbocycles. The van der Waals surface area contributed by atoms with E-state index in [-0.39, 0.29) is 23.8 Å². The van der Waals surface area contributed by atoms with Crippen molar-refractivity contribution in [3.05, 3.63) is 0 Å². The van der Waals surface area contributed by atoms with Crippen LogP contribution in [0.1, 0.15) is 25.7 Å². The van der Waals surface area contributed by atoms with Gasteiger partial charge in [0.15, 0.2) is 0 Å². The molecule has 1 atom stereocenters. The van der Waals surface area contributed by atoms with Gasteiger partial charge < -0.3 is 10.4 Å². The summed E-state index contributed by atoms with van der Waals surface area (Å²) in [7, 11) is 0. The van der Waals surface area contributed by atoms with Gasteiger partial charge >= 0.3 is 0 Å². The number of rotatable bonds is 1. The number of hydrogen-bond acceptors (Lipinski definition) is 2. The van der Waals surface area contributed by atoms with Crippen molar-refractivity contribution in [2.24, 2.45) is 11.3 Å². The zero-order valence-electron chi connectivity index (χ0n) is 7.18. The summed E-state index contributed by atoms with van der Waals surface area (Å²) in [5, 5.41) is 12.0. The molecule has 3 heteroatoms. The Hall–Kier alpha value is -0.570. The summed E-state index contributed by atoms with van der Waals surface area (Å²) in [6, 6.07) is 0. The second-order valence-electron chi connectivity index (χ2n) is 3.95. The van der Waals surface area contributed by atoms with Crippen molar-refractivity contribution in [1.29, 1.82) is 0 Å². The van der Waals surface area contributed by atoms with Crippen LogP contribution in [0, 0.1) is 11.3 Å². The van der Waals surface area contributed by atoms with E-state index in [0.717, 1.165) is 25.7 Å². The minimum absolute atomic E-state index is 0.152. The van der Waals surface area contributed by atoms with Crippen molar-refractivity contribution in [3.8, 4) is 0 Å². The van der Waals surface area contributed by atoms with Gasteiger partial charge in [0.1, 0.15) is 0 Å². The standard InChI is InChI=1S/C9H15NO2/c11-6-7-5-10-8(12)9(7)3-1-2-4-9/h7,11H,1-6H2,(H,10,12). The quantitative estimate of drug-likeness (QED) is 0.592. The summed E-state index contributed by atoms with van der Waals surface area (Å²) in [6.45, 7) is 0.827. The second-order valence-corrected chi connectivity index (χ2v) is 3.95. The molecule has 0 bridgehead atoms. The lowest BCUT2D eigenvalue weighted by Gasteiger charge is -2.25. The SMILES string of the molecule is O=C1NCC(CO)C12CCCC2. The largest absolute Gasteiger partial charge is 0.396 e. The van der Waals surface area contributed by atoms with Gasteiger partial charge in [-0.15, -0.1) is 0 Å². The van der Waals surface area contributed by atoms with Crippen molar-refractivity contribution in [2.45, 2.75) is 25.7 Å². The van der Waals surface area contributed by atoms with E-state index in [1.165, 1.54) is 0 Å². The molecular formula is C9H15NO2. The van der Waals surface area contributed by atoms with E-state index in [1.54, 1.807) is 0 Å². The van der Waals surface area contributed by atoms with Crippen LogP contribution in [0.25, 0.3) is 0 Å². The van der Waals surface area contributed by atoms with Gasteiger partial charge in [0.05, 0.1) is 5.41 Å². The Morgan fingerprint density at radius 1 is 1.50 bits per heavy atom. The number of carbonyl (C=O) groups is 1. The van der Waals surface area contributed by atoms with Crippen molar-refractivity contribution >= 4 is 5.91 Å². The smallest absolute Gasteiger partial charge is 0.226 e. The molecule has 2 aliphatic rings. The van der Waals surface area contributed by atoms with Gasteiger partial charge in [-0.05, 0) is 12.8 Å². The summed E-state index contributed by atoms with van der Waals surface area (Å²) in [5.41, 5.74) is -0.186. The highest BCUT2D eigenvalue weighted by Gasteiger charge is 2.50. The predicted molar refractivity (Wildman–Crippen MR) is 44.5 cm³/mol. The van der Waals surface area contributed by atoms with Crippen LogP contribution < -0.4 is 5.32 Å². The van der Waals surface area contributed by atoms with E-state index >= 15 is 0 Å². The van der Waals surface area contributed by atoms with Crippen molar-refractivity contribution in [3.63, 3.8) is 0 Å². The first-order valence-corrected chi connectivity index (χ1v) is 4.69. The highest BCUT2D eigenvalue weighted by atomic mass is 16.3. The van der Waals surface area contributed by atoms with Gasteiger partial charge in [0, 0.05) is 19.1 Å². The third kappa shape index (κ3) is 0.891. The average molecular weight is 169 g/mol. The highest BCUT2D eigenvalue weighted by Crippen LogP contribution is 2.46. The van der Waals surface area contributed by atoms with E-state index in [9.17, 15) is 4.79 Å². The molecule has 1 aliphatic heterocycles. The van der Waals surface area contributed by atoms with Crippen molar-refractivity contribution < 1.29 is 9.90 Å². The van der Waals surface area contributed by atoms with E-state index in [0.29, 0.717) is 6.54 Å². The van der Waals surface area contributed by atoms with E-state index in [1.807, 2.05) is 0 Å². The topological polar surface area (TPSA) is 49.3 Å². The van der Waals surface area contributed by atoms with Gasteiger partial charge in [-0.25, -0.2) is 0 Å². The summed E-state index contributed by atoms with van der Waals surface area (Å²) in [5.74, 6) is 0.353. The van der Waals surface area contributed by atoms with E-state index in [4.69, 9.17) is 5.11 Å². The van der Waals surface area contributed by atoms with Crippen LogP contribution in [0.15, 0.2) is 0 Å². The number of hydrogen-bond donors (Lipinski definition) is 2. The first-order chi connectivity index (χ1) is 5.79. The molecule has 0 radical (unpaired) electrons. The Kier molecular flexibility index (Phi) is 1.83. The number of aliphatic hydroxyl groups excluding tert-OH is 1. The van der Waals surface area contributed by atoms with Crippen LogP contribution in [0.3, 0.4) is 0 Å². The molecule has 1 spiro atoms. The Labute approximate surface area is 72.2 Å². The highest BCUT2D eigenvalue weighted by molar-refractivity contribution is 5.85. The van der Waals surface area contributed by atoms with Crippen LogP contribution in [-0.2, 0) is 4.79 Å². The van der Waals surface area contributed by atoms with Crippen LogP contribution in [0.4, 0.5) is 0 Å². The maximum absolute atomic E-state index is 11.5. The van der Waals surface area contributed by atoms with Gasteiger partial charge in [-0.3, -0.25) is 4.79 Å². The van der Waals surface area contributed by atoms with Gasteiger partial charge in [0.2, 0.25) is 5.91 Å². The Balaban J connectivity index is 2.23. The van der Waals surface area contributed by atoms with Crippen LogP contribution in [0.2, 0.25) is 0 Å². The van der Waals surface area contributed by atoms with Crippen molar-refractivity contribution in [1.82, 2.24) is 5.32 Å². The molecule has 1 saturated heterocycles. The Bertz CT molecular complexity index is 197. The number of carbonyl (C=O) groups excluding carboxylic acids is 1. The maximum atomic E-state index is 11.5. The number of amides is 1. The summed E-state index contributed by atoms with van der Waals surface area (Å²) in [6.07, 6.45) is 4.24. The second kappa shape index (κ2) is 2.73. The molecular weight excluding hydrogens is 154 g/mol. The molecule has 0 aromatic heterocycles. The third-order valence-corrected chi connectivity index (χ3v) is 3.46. The summed E-state index contributed by atoms with van der Waals surface area (Å²) < 4.78 is 0. The molecule has 1 aliphatic carbocycles. The summed E-state index contributed by atoms with van der Waals surface area (Å²) >= 11 is 0. The van der Waals surface area contributed by atoms with Crippen LogP contribution >= 0.6 is 0 Å². The average Bonchev–Trinajstić information content (AvgIpc) is 2.65. The fourth-order valence-corrected chi connectivity index (χ4v) is 2.65. The van der Waals surface area contributed by atoms with E-state index in [2.05, 4.69) is 5.32 Å². The molecule has 0 aromatic rings. The monoisotopic (exact) mass is 169 g/mol. The molecule has 2 rings (SSSR count). The molecule has 0 aromatic carbocycles. The third-order valence-electron chi connectivity index (χ3n) is 3.46.